The van der Waals surface area contributed by atoms with E-state index in [1.165, 1.54) is 0 Å². The molecule has 1 atom stereocenters. The normalized spacial score (nSPS) is 17.8. The molecule has 0 radical (unpaired) electrons. The Morgan fingerprint density at radius 3 is 3.04 bits per heavy atom. The molecule has 1 fully saturated rings. The average Bonchev–Trinajstić information content (AvgIpc) is 3.34. The van der Waals surface area contributed by atoms with Crippen LogP contribution in [-0.4, -0.2) is 55.9 Å². The second kappa shape index (κ2) is 6.25. The summed E-state index contributed by atoms with van der Waals surface area (Å²) in [6, 6.07) is 7.16. The van der Waals surface area contributed by atoms with Gasteiger partial charge in [0.1, 0.15) is 5.69 Å². The van der Waals surface area contributed by atoms with Gasteiger partial charge in [-0.3, -0.25) is 20.0 Å². The number of nitrogens with zero attached hydrogens (tertiary/aromatic N) is 4. The Morgan fingerprint density at radius 2 is 2.25 bits per heavy atom. The standard InChI is InChI=1S/C16H16N6O2/c23-16(14-8-13(20-21-14)11-2-1-4-17-9-11)22-6-7-24-10-15(22)12-3-5-18-19-12/h1-5,8-9,15H,6-7,10H2,(H,18,19)(H,20,21). The highest BCUT2D eigenvalue weighted by Crippen LogP contribution is 2.25. The van der Waals surface area contributed by atoms with Crippen LogP contribution in [0.1, 0.15) is 22.2 Å². The zero-order valence-electron chi connectivity index (χ0n) is 12.8. The molecule has 0 bridgehead atoms. The van der Waals surface area contributed by atoms with E-state index in [9.17, 15) is 4.79 Å². The summed E-state index contributed by atoms with van der Waals surface area (Å²) in [7, 11) is 0. The number of aromatic amines is 2. The number of amides is 1. The first kappa shape index (κ1) is 14.6. The van der Waals surface area contributed by atoms with Crippen LogP contribution >= 0.6 is 0 Å². The maximum atomic E-state index is 12.9. The van der Waals surface area contributed by atoms with Gasteiger partial charge in [-0.05, 0) is 24.3 Å². The number of morpholine rings is 1. The Bertz CT molecular complexity index is 814. The molecule has 1 aliphatic rings. The first-order valence-corrected chi connectivity index (χ1v) is 7.67. The molecule has 2 N–H and O–H groups in total. The number of carbonyl (C=O) groups excluding carboxylic acids is 1. The van der Waals surface area contributed by atoms with Crippen LogP contribution in [0.25, 0.3) is 11.3 Å². The molecule has 1 aliphatic heterocycles. The molecule has 3 aromatic heterocycles. The second-order valence-corrected chi connectivity index (χ2v) is 5.51. The number of carbonyl (C=O) groups is 1. The lowest BCUT2D eigenvalue weighted by Gasteiger charge is -2.34. The van der Waals surface area contributed by atoms with Crippen molar-refractivity contribution in [2.45, 2.75) is 6.04 Å². The third-order valence-electron chi connectivity index (χ3n) is 4.04. The Kier molecular flexibility index (Phi) is 3.80. The lowest BCUT2D eigenvalue weighted by molar-refractivity contribution is -0.00422. The van der Waals surface area contributed by atoms with Gasteiger partial charge in [0, 0.05) is 30.7 Å². The number of aromatic nitrogens is 5. The molecule has 0 aromatic carbocycles. The Labute approximate surface area is 137 Å². The van der Waals surface area contributed by atoms with Gasteiger partial charge in [-0.1, -0.05) is 0 Å². The minimum absolute atomic E-state index is 0.111. The summed E-state index contributed by atoms with van der Waals surface area (Å²) in [6.07, 6.45) is 5.08. The predicted molar refractivity (Wildman–Crippen MR) is 85.0 cm³/mol. The Balaban J connectivity index is 1.59. The number of pyridine rings is 1. The molecule has 1 saturated heterocycles. The molecule has 1 amide bonds. The molecule has 4 rings (SSSR count). The van der Waals surface area contributed by atoms with E-state index in [0.717, 1.165) is 11.3 Å². The van der Waals surface area contributed by atoms with Crippen molar-refractivity contribution in [2.75, 3.05) is 19.8 Å². The summed E-state index contributed by atoms with van der Waals surface area (Å²) in [5.41, 5.74) is 2.85. The number of hydrogen-bond acceptors (Lipinski definition) is 5. The smallest absolute Gasteiger partial charge is 0.272 e. The van der Waals surface area contributed by atoms with Crippen LogP contribution in [-0.2, 0) is 4.74 Å². The van der Waals surface area contributed by atoms with E-state index < -0.39 is 0 Å². The fourth-order valence-corrected chi connectivity index (χ4v) is 2.80. The summed E-state index contributed by atoms with van der Waals surface area (Å²) < 4.78 is 5.52. The zero-order chi connectivity index (χ0) is 16.4. The number of rotatable bonds is 3. The number of ether oxygens (including phenoxy) is 1. The first-order valence-electron chi connectivity index (χ1n) is 7.67. The van der Waals surface area contributed by atoms with Crippen LogP contribution in [0, 0.1) is 0 Å². The largest absolute Gasteiger partial charge is 0.377 e. The minimum atomic E-state index is -0.182. The van der Waals surface area contributed by atoms with E-state index in [-0.39, 0.29) is 11.9 Å². The van der Waals surface area contributed by atoms with E-state index in [1.807, 2.05) is 18.2 Å². The second-order valence-electron chi connectivity index (χ2n) is 5.51. The monoisotopic (exact) mass is 324 g/mol. The fraction of sp³-hybridized carbons (Fsp3) is 0.250. The summed E-state index contributed by atoms with van der Waals surface area (Å²) in [5, 5.41) is 13.9. The maximum Gasteiger partial charge on any atom is 0.272 e. The van der Waals surface area contributed by atoms with Crippen LogP contribution in [0.3, 0.4) is 0 Å². The van der Waals surface area contributed by atoms with Gasteiger partial charge >= 0.3 is 0 Å². The molecule has 0 aliphatic carbocycles. The molecule has 1 unspecified atom stereocenters. The van der Waals surface area contributed by atoms with Gasteiger partial charge in [0.15, 0.2) is 0 Å². The number of nitrogens with one attached hydrogen (secondary N) is 2. The third kappa shape index (κ3) is 2.67. The molecule has 0 saturated carbocycles. The summed E-state index contributed by atoms with van der Waals surface area (Å²) in [6.45, 7) is 1.47. The highest BCUT2D eigenvalue weighted by atomic mass is 16.5. The summed E-state index contributed by atoms with van der Waals surface area (Å²) >= 11 is 0. The fourth-order valence-electron chi connectivity index (χ4n) is 2.80. The van der Waals surface area contributed by atoms with E-state index in [4.69, 9.17) is 4.74 Å². The summed E-state index contributed by atoms with van der Waals surface area (Å²) in [5.74, 6) is -0.111. The van der Waals surface area contributed by atoms with E-state index in [2.05, 4.69) is 25.4 Å². The molecule has 24 heavy (non-hydrogen) atoms. The van der Waals surface area contributed by atoms with Gasteiger partial charge in [0.2, 0.25) is 0 Å². The molecule has 8 heteroatoms. The van der Waals surface area contributed by atoms with Crippen molar-refractivity contribution >= 4 is 5.91 Å². The van der Waals surface area contributed by atoms with E-state index in [1.54, 1.807) is 29.6 Å². The van der Waals surface area contributed by atoms with Gasteiger partial charge in [-0.15, -0.1) is 0 Å². The van der Waals surface area contributed by atoms with Crippen molar-refractivity contribution in [3.05, 3.63) is 54.2 Å². The predicted octanol–water partition coefficient (Wildman–Crippen LogP) is 1.41. The molecular formula is C16H16N6O2. The van der Waals surface area contributed by atoms with Crippen LogP contribution in [0.15, 0.2) is 42.9 Å². The van der Waals surface area contributed by atoms with Crippen molar-refractivity contribution < 1.29 is 9.53 Å². The number of H-pyrrole nitrogens is 2. The van der Waals surface area contributed by atoms with Gasteiger partial charge in [-0.2, -0.15) is 10.2 Å². The zero-order valence-corrected chi connectivity index (χ0v) is 12.8. The van der Waals surface area contributed by atoms with Crippen molar-refractivity contribution in [1.29, 1.82) is 0 Å². The highest BCUT2D eigenvalue weighted by molar-refractivity contribution is 5.93. The van der Waals surface area contributed by atoms with Crippen LogP contribution in [0.4, 0.5) is 0 Å². The number of hydrogen-bond donors (Lipinski definition) is 2. The van der Waals surface area contributed by atoms with Gasteiger partial charge in [-0.25, -0.2) is 0 Å². The van der Waals surface area contributed by atoms with Gasteiger partial charge in [0.25, 0.3) is 5.91 Å². The molecule has 0 spiro atoms. The first-order chi connectivity index (χ1) is 11.8. The lowest BCUT2D eigenvalue weighted by Crippen LogP contribution is -2.43. The maximum absolute atomic E-state index is 12.9. The van der Waals surface area contributed by atoms with Crippen molar-refractivity contribution in [3.8, 4) is 11.3 Å². The highest BCUT2D eigenvalue weighted by Gasteiger charge is 2.31. The van der Waals surface area contributed by atoms with E-state index in [0.29, 0.717) is 31.1 Å². The van der Waals surface area contributed by atoms with Crippen LogP contribution in [0.5, 0.6) is 0 Å². The summed E-state index contributed by atoms with van der Waals surface area (Å²) in [4.78, 5) is 18.7. The molecule has 3 aromatic rings. The van der Waals surface area contributed by atoms with Gasteiger partial charge in [0.05, 0.1) is 30.6 Å². The third-order valence-corrected chi connectivity index (χ3v) is 4.04. The Hall–Kier alpha value is -3.00. The Morgan fingerprint density at radius 1 is 1.29 bits per heavy atom. The molecular weight excluding hydrogens is 308 g/mol. The van der Waals surface area contributed by atoms with Crippen molar-refractivity contribution in [2.24, 2.45) is 0 Å². The average molecular weight is 324 g/mol. The molecule has 4 heterocycles. The topological polar surface area (TPSA) is 99.8 Å². The van der Waals surface area contributed by atoms with Crippen LogP contribution < -0.4 is 0 Å². The van der Waals surface area contributed by atoms with Gasteiger partial charge < -0.3 is 9.64 Å². The SMILES string of the molecule is O=C(c1cc(-c2cccnc2)n[nH]1)N1CCOCC1c1ccn[nH]1. The van der Waals surface area contributed by atoms with Crippen LogP contribution in [0.2, 0.25) is 0 Å². The molecule has 122 valence electrons. The molecule has 8 nitrogen and oxygen atoms in total. The lowest BCUT2D eigenvalue weighted by atomic mass is 10.1. The van der Waals surface area contributed by atoms with E-state index >= 15 is 0 Å². The van der Waals surface area contributed by atoms with Crippen molar-refractivity contribution in [3.63, 3.8) is 0 Å². The van der Waals surface area contributed by atoms with Crippen molar-refractivity contribution in [1.82, 2.24) is 30.3 Å². The quantitative estimate of drug-likeness (QED) is 0.759. The minimum Gasteiger partial charge on any atom is -0.377 e.